The quantitative estimate of drug-likeness (QED) is 0.446. The summed E-state index contributed by atoms with van der Waals surface area (Å²) in [6.07, 6.45) is 11.1. The molecule has 11 nitrogen and oxygen atoms in total. The summed E-state index contributed by atoms with van der Waals surface area (Å²) >= 11 is 0. The summed E-state index contributed by atoms with van der Waals surface area (Å²) in [4.78, 5) is 28.2. The lowest BCUT2D eigenvalue weighted by Gasteiger charge is -2.38. The molecule has 2 atom stereocenters. The van der Waals surface area contributed by atoms with Gasteiger partial charge in [0.05, 0.1) is 36.8 Å². The van der Waals surface area contributed by atoms with Crippen molar-refractivity contribution in [1.29, 1.82) is 0 Å². The third-order valence-corrected chi connectivity index (χ3v) is 5.74. The highest BCUT2D eigenvalue weighted by Gasteiger charge is 2.32. The van der Waals surface area contributed by atoms with Gasteiger partial charge in [-0.05, 0) is 50.2 Å². The maximum Gasteiger partial charge on any atom is 0.256 e. The van der Waals surface area contributed by atoms with Gasteiger partial charge in [0, 0.05) is 51.4 Å². The van der Waals surface area contributed by atoms with Gasteiger partial charge in [0.2, 0.25) is 5.88 Å². The molecule has 3 aromatic rings. The lowest BCUT2D eigenvalue weighted by atomic mass is 9.99. The van der Waals surface area contributed by atoms with E-state index in [0.717, 1.165) is 12.8 Å². The van der Waals surface area contributed by atoms with Crippen molar-refractivity contribution in [2.75, 3.05) is 27.7 Å². The zero-order valence-corrected chi connectivity index (χ0v) is 23.0. The number of benzene rings is 1. The van der Waals surface area contributed by atoms with Crippen molar-refractivity contribution >= 4 is 18.3 Å². The number of carbonyl (C=O) groups excluding carboxylic acids is 1. The monoisotopic (exact) mass is 534 g/mol. The van der Waals surface area contributed by atoms with Gasteiger partial charge in [-0.2, -0.15) is 15.0 Å². The summed E-state index contributed by atoms with van der Waals surface area (Å²) in [5.74, 6) is 0.338. The summed E-state index contributed by atoms with van der Waals surface area (Å²) in [7, 11) is 5.23. The molecule has 0 radical (unpaired) electrons. The highest BCUT2D eigenvalue weighted by atomic mass is 16.5. The second-order valence-electron chi connectivity index (χ2n) is 8.39. The average molecular weight is 535 g/mol. The van der Waals surface area contributed by atoms with Crippen LogP contribution < -0.4 is 10.1 Å². The molecule has 1 unspecified atom stereocenters. The average Bonchev–Trinajstić information content (AvgIpc) is 3.52. The number of likely N-dealkylation sites (tertiary alicyclic amines) is 1. The van der Waals surface area contributed by atoms with Gasteiger partial charge in [-0.1, -0.05) is 18.7 Å². The van der Waals surface area contributed by atoms with Crippen LogP contribution in [0.5, 0.6) is 5.88 Å². The van der Waals surface area contributed by atoms with Crippen molar-refractivity contribution in [2.45, 2.75) is 38.5 Å². The number of hydrogen-bond donors (Lipinski definition) is 2. The van der Waals surface area contributed by atoms with Gasteiger partial charge in [-0.25, -0.2) is 4.98 Å². The maximum absolute atomic E-state index is 13.4. The Labute approximate surface area is 230 Å². The highest BCUT2D eigenvalue weighted by molar-refractivity contribution is 6.15. The molecule has 0 saturated carbocycles. The van der Waals surface area contributed by atoms with Crippen LogP contribution in [-0.2, 0) is 6.61 Å². The van der Waals surface area contributed by atoms with E-state index in [0.29, 0.717) is 29.2 Å². The lowest BCUT2D eigenvalue weighted by molar-refractivity contribution is 0.0366. The number of rotatable bonds is 7. The Balaban J connectivity index is 0.000000458. The summed E-state index contributed by atoms with van der Waals surface area (Å²) in [6.45, 7) is 5.72. The number of aliphatic imine (C=N–C) groups is 2. The van der Waals surface area contributed by atoms with Crippen LogP contribution in [0.25, 0.3) is 5.69 Å². The molecule has 2 N–H and O–H groups in total. The highest BCUT2D eigenvalue weighted by Crippen LogP contribution is 2.26. The molecule has 1 amide bonds. The van der Waals surface area contributed by atoms with E-state index in [1.165, 1.54) is 4.80 Å². The summed E-state index contributed by atoms with van der Waals surface area (Å²) in [6, 6.07) is 10.9. The summed E-state index contributed by atoms with van der Waals surface area (Å²) < 4.78 is 6.05. The molecule has 4 rings (SSSR count). The number of hydrogen-bond acceptors (Lipinski definition) is 9. The molecule has 39 heavy (non-hydrogen) atoms. The van der Waals surface area contributed by atoms with Crippen LogP contribution in [0.1, 0.15) is 35.7 Å². The summed E-state index contributed by atoms with van der Waals surface area (Å²) in [5, 5.41) is 20.5. The molecule has 0 bridgehead atoms. The van der Waals surface area contributed by atoms with Crippen LogP contribution in [0.4, 0.5) is 0 Å². The van der Waals surface area contributed by atoms with E-state index < -0.39 is 0 Å². The first-order valence-electron chi connectivity index (χ1n) is 12.6. The van der Waals surface area contributed by atoms with Crippen LogP contribution >= 0.6 is 0 Å². The smallest absolute Gasteiger partial charge is 0.256 e. The van der Waals surface area contributed by atoms with Crippen molar-refractivity contribution in [3.05, 3.63) is 78.9 Å². The number of aliphatic hydroxyl groups is 1. The molecule has 2 aromatic heterocycles. The Hall–Kier alpha value is -4.38. The normalized spacial score (nSPS) is 16.6. The van der Waals surface area contributed by atoms with Gasteiger partial charge < -0.3 is 20.1 Å². The minimum absolute atomic E-state index is 0.0814. The van der Waals surface area contributed by atoms with Gasteiger partial charge in [0.25, 0.3) is 5.91 Å². The van der Waals surface area contributed by atoms with E-state index >= 15 is 0 Å². The Kier molecular flexibility index (Phi) is 13.6. The van der Waals surface area contributed by atoms with E-state index in [1.54, 1.807) is 69.5 Å². The standard InChI is InChI=1S/C21H23N5O3.C4H8N2.C3H7N/c1-15-8-9-17(29-20-16(14-27)5-4-10-22-20)13-25(15)21(28)18-6-2-3-7-19(18)26-23-11-12-24-26;1-5-3-4-6-2;1-3-4-2/h2-7,10-12,15,17,27H,8-9,13-14H2,1H3;3-4H,1-2H3;3-4H,1H2,2H3/t15-,17?;;/m1../s1. The number of carbonyl (C=O) groups is 1. The van der Waals surface area contributed by atoms with Gasteiger partial charge in [-0.15, -0.1) is 0 Å². The number of amides is 1. The molecular weight excluding hydrogens is 496 g/mol. The van der Waals surface area contributed by atoms with E-state index in [4.69, 9.17) is 4.74 Å². The Morgan fingerprint density at radius 1 is 1.13 bits per heavy atom. The lowest BCUT2D eigenvalue weighted by Crippen LogP contribution is -2.49. The molecule has 0 aliphatic carbocycles. The van der Waals surface area contributed by atoms with Crippen LogP contribution in [0, 0.1) is 0 Å². The fourth-order valence-electron chi connectivity index (χ4n) is 3.72. The van der Waals surface area contributed by atoms with Gasteiger partial charge in [-0.3, -0.25) is 14.8 Å². The first-order valence-corrected chi connectivity index (χ1v) is 12.6. The first kappa shape index (κ1) is 30.8. The van der Waals surface area contributed by atoms with Gasteiger partial charge in [0.15, 0.2) is 0 Å². The predicted molar refractivity (Wildman–Crippen MR) is 154 cm³/mol. The molecule has 1 saturated heterocycles. The third-order valence-electron chi connectivity index (χ3n) is 5.74. The van der Waals surface area contributed by atoms with E-state index in [-0.39, 0.29) is 24.7 Å². The van der Waals surface area contributed by atoms with Crippen LogP contribution in [0.3, 0.4) is 0 Å². The minimum Gasteiger partial charge on any atom is -0.472 e. The molecule has 1 aliphatic rings. The first-order chi connectivity index (χ1) is 19.0. The molecular formula is C28H38N8O3. The zero-order chi connectivity index (χ0) is 28.5. The Morgan fingerprint density at radius 3 is 2.41 bits per heavy atom. The van der Waals surface area contributed by atoms with E-state index in [2.05, 4.69) is 37.1 Å². The van der Waals surface area contributed by atoms with E-state index in [9.17, 15) is 9.90 Å². The number of nitrogens with one attached hydrogen (secondary N) is 1. The van der Waals surface area contributed by atoms with Crippen molar-refractivity contribution in [2.24, 2.45) is 9.98 Å². The second kappa shape index (κ2) is 17.2. The number of pyridine rings is 1. The Bertz CT molecular complexity index is 1190. The molecule has 208 valence electrons. The van der Waals surface area contributed by atoms with Gasteiger partial charge in [0.1, 0.15) is 6.10 Å². The second-order valence-corrected chi connectivity index (χ2v) is 8.39. The molecule has 11 heteroatoms. The molecule has 0 spiro atoms. The minimum atomic E-state index is -0.189. The van der Waals surface area contributed by atoms with Crippen molar-refractivity contribution in [3.8, 4) is 11.6 Å². The van der Waals surface area contributed by atoms with Crippen molar-refractivity contribution in [1.82, 2.24) is 30.2 Å². The molecule has 3 heterocycles. The molecule has 1 aliphatic heterocycles. The van der Waals surface area contributed by atoms with Crippen LogP contribution in [0.15, 0.2) is 77.8 Å². The molecule has 1 aromatic carbocycles. The number of nitrogens with zero attached hydrogens (tertiary/aromatic N) is 7. The fourth-order valence-corrected chi connectivity index (χ4v) is 3.72. The van der Waals surface area contributed by atoms with Crippen LogP contribution in [0.2, 0.25) is 0 Å². The largest absolute Gasteiger partial charge is 0.472 e. The number of piperidine rings is 1. The number of aromatic nitrogens is 4. The van der Waals surface area contributed by atoms with Crippen molar-refractivity contribution < 1.29 is 14.6 Å². The fraction of sp³-hybridized carbons (Fsp3) is 0.357. The number of ether oxygens (including phenoxy) is 1. The third kappa shape index (κ3) is 9.46. The van der Waals surface area contributed by atoms with Crippen LogP contribution in [-0.4, -0.2) is 88.2 Å². The van der Waals surface area contributed by atoms with Crippen molar-refractivity contribution in [3.63, 3.8) is 0 Å². The van der Waals surface area contributed by atoms with E-state index in [1.807, 2.05) is 37.1 Å². The SMILES string of the molecule is C=CNC.CN=CC=NC.C[C@@H]1CCC(Oc2ncccc2CO)CN1C(=O)c1ccccc1-n1nccn1. The Morgan fingerprint density at radius 2 is 1.79 bits per heavy atom. The molecule has 1 fully saturated rings. The van der Waals surface area contributed by atoms with Gasteiger partial charge >= 0.3 is 0 Å². The maximum atomic E-state index is 13.4. The zero-order valence-electron chi connectivity index (χ0n) is 23.0. The topological polar surface area (TPSA) is 130 Å². The number of aliphatic hydroxyl groups excluding tert-OH is 1. The number of para-hydroxylation sites is 1. The summed E-state index contributed by atoms with van der Waals surface area (Å²) in [5.41, 5.74) is 1.83. The predicted octanol–water partition coefficient (Wildman–Crippen LogP) is 2.96.